The average Bonchev–Trinajstić information content (AvgIpc) is 2.54. The number of benzene rings is 1. The topological polar surface area (TPSA) is 49.4 Å². The van der Waals surface area contributed by atoms with Crippen LogP contribution in [0.25, 0.3) is 0 Å². The minimum absolute atomic E-state index is 0.267. The second-order valence-corrected chi connectivity index (χ2v) is 8.14. The molecular weight excluding hydrogens is 296 g/mol. The van der Waals surface area contributed by atoms with Crippen molar-refractivity contribution in [3.8, 4) is 12.3 Å². The highest BCUT2D eigenvalue weighted by Crippen LogP contribution is 2.35. The fraction of sp³-hybridized carbons (Fsp3) is 0.529. The molecule has 0 aromatic heterocycles. The molecule has 0 aliphatic carbocycles. The number of nitrogens with zero attached hydrogens (tertiary/aromatic N) is 1. The van der Waals surface area contributed by atoms with Gasteiger partial charge in [0.05, 0.1) is 4.90 Å². The van der Waals surface area contributed by atoms with Crippen molar-refractivity contribution in [3.05, 3.63) is 29.8 Å². The number of hydrogen-bond acceptors (Lipinski definition) is 3. The van der Waals surface area contributed by atoms with E-state index in [1.165, 1.54) is 0 Å². The Kier molecular flexibility index (Phi) is 4.26. The molecule has 1 aromatic rings. The predicted molar refractivity (Wildman–Crippen MR) is 86.8 cm³/mol. The first-order valence-electron chi connectivity index (χ1n) is 7.76. The van der Waals surface area contributed by atoms with Crippen LogP contribution in [0.2, 0.25) is 0 Å². The maximum Gasteiger partial charge on any atom is 0.240 e. The van der Waals surface area contributed by atoms with Crippen LogP contribution in [0.4, 0.5) is 0 Å². The van der Waals surface area contributed by atoms with Gasteiger partial charge in [0.2, 0.25) is 10.0 Å². The first kappa shape index (κ1) is 15.5. The quantitative estimate of drug-likeness (QED) is 0.858. The molecule has 4 nitrogen and oxygen atoms in total. The van der Waals surface area contributed by atoms with Crippen molar-refractivity contribution in [1.82, 2.24) is 9.62 Å². The minimum atomic E-state index is -3.43. The van der Waals surface area contributed by atoms with Crippen LogP contribution < -0.4 is 4.72 Å². The first-order valence-corrected chi connectivity index (χ1v) is 9.24. The van der Waals surface area contributed by atoms with Crippen molar-refractivity contribution in [2.75, 3.05) is 19.6 Å². The number of terminal acetylenes is 1. The van der Waals surface area contributed by atoms with Crippen LogP contribution in [0.3, 0.4) is 0 Å². The minimum Gasteiger partial charge on any atom is -0.298 e. The van der Waals surface area contributed by atoms with Crippen LogP contribution in [0.15, 0.2) is 29.2 Å². The van der Waals surface area contributed by atoms with Crippen LogP contribution in [-0.2, 0) is 10.0 Å². The van der Waals surface area contributed by atoms with Crippen molar-refractivity contribution in [2.24, 2.45) is 11.8 Å². The van der Waals surface area contributed by atoms with Gasteiger partial charge in [-0.1, -0.05) is 17.7 Å². The molecule has 22 heavy (non-hydrogen) atoms. The van der Waals surface area contributed by atoms with Crippen molar-refractivity contribution >= 4 is 10.0 Å². The Morgan fingerprint density at radius 3 is 2.68 bits per heavy atom. The molecule has 1 aromatic carbocycles. The Bertz CT molecular complexity index is 676. The molecule has 3 heterocycles. The lowest BCUT2D eigenvalue weighted by Gasteiger charge is -2.48. The number of hydrogen-bond donors (Lipinski definition) is 1. The highest BCUT2D eigenvalue weighted by atomic mass is 32.2. The lowest BCUT2D eigenvalue weighted by Crippen LogP contribution is -2.56. The molecule has 5 heteroatoms. The summed E-state index contributed by atoms with van der Waals surface area (Å²) in [6, 6.07) is 7.21. The first-order chi connectivity index (χ1) is 10.5. The smallest absolute Gasteiger partial charge is 0.240 e. The van der Waals surface area contributed by atoms with E-state index in [4.69, 9.17) is 6.42 Å². The third-order valence-electron chi connectivity index (χ3n) is 4.93. The van der Waals surface area contributed by atoms with Gasteiger partial charge in [-0.25, -0.2) is 13.1 Å². The summed E-state index contributed by atoms with van der Waals surface area (Å²) in [5.74, 6) is 3.76. The Morgan fingerprint density at radius 1 is 1.36 bits per heavy atom. The van der Waals surface area contributed by atoms with Crippen molar-refractivity contribution in [2.45, 2.75) is 30.7 Å². The van der Waals surface area contributed by atoms with Gasteiger partial charge in [0, 0.05) is 25.0 Å². The molecule has 3 fully saturated rings. The third kappa shape index (κ3) is 3.05. The Morgan fingerprint density at radius 2 is 2.09 bits per heavy atom. The van der Waals surface area contributed by atoms with Gasteiger partial charge in [-0.15, -0.1) is 12.3 Å². The monoisotopic (exact) mass is 318 g/mol. The number of sulfonamides is 1. The Labute approximate surface area is 133 Å². The zero-order chi connectivity index (χ0) is 15.7. The van der Waals surface area contributed by atoms with E-state index >= 15 is 0 Å². The largest absolute Gasteiger partial charge is 0.298 e. The Hall–Kier alpha value is -1.35. The van der Waals surface area contributed by atoms with Crippen LogP contribution >= 0.6 is 0 Å². The predicted octanol–water partition coefficient (Wildman–Crippen LogP) is 1.62. The van der Waals surface area contributed by atoms with Gasteiger partial charge in [-0.2, -0.15) is 0 Å². The lowest BCUT2D eigenvalue weighted by atomic mass is 9.76. The Balaban J connectivity index is 1.63. The summed E-state index contributed by atoms with van der Waals surface area (Å²) in [7, 11) is -3.43. The molecule has 0 spiro atoms. The fourth-order valence-electron chi connectivity index (χ4n) is 3.55. The number of fused-ring (bicyclic) bond motifs is 3. The van der Waals surface area contributed by atoms with E-state index in [0.717, 1.165) is 31.5 Å². The third-order valence-corrected chi connectivity index (χ3v) is 6.37. The van der Waals surface area contributed by atoms with Gasteiger partial charge in [-0.3, -0.25) is 4.90 Å². The van der Waals surface area contributed by atoms with E-state index in [9.17, 15) is 8.42 Å². The number of rotatable bonds is 4. The highest BCUT2D eigenvalue weighted by Gasteiger charge is 2.39. The van der Waals surface area contributed by atoms with Gasteiger partial charge in [0.25, 0.3) is 0 Å². The van der Waals surface area contributed by atoms with E-state index in [1.54, 1.807) is 12.1 Å². The highest BCUT2D eigenvalue weighted by molar-refractivity contribution is 7.89. The molecule has 4 rings (SSSR count). The molecule has 4 atom stereocenters. The molecule has 3 aliphatic heterocycles. The summed E-state index contributed by atoms with van der Waals surface area (Å²) in [6.07, 6.45) is 7.70. The molecule has 0 saturated carbocycles. The van der Waals surface area contributed by atoms with Gasteiger partial charge in [0.1, 0.15) is 0 Å². The standard InChI is InChI=1S/C17H22N2O2S/c1-3-14-12-19-9-8-15(14)10-16(19)11-18-22(20,21)17-6-4-13(2)5-7-17/h1,4-7,14-16,18H,8-12H2,2H3. The van der Waals surface area contributed by atoms with Crippen LogP contribution in [0, 0.1) is 31.1 Å². The van der Waals surface area contributed by atoms with E-state index in [-0.39, 0.29) is 6.04 Å². The molecule has 0 amide bonds. The van der Waals surface area contributed by atoms with Crippen molar-refractivity contribution in [1.29, 1.82) is 0 Å². The summed E-state index contributed by atoms with van der Waals surface area (Å²) in [6.45, 7) is 4.33. The average molecular weight is 318 g/mol. The maximum atomic E-state index is 12.4. The number of aryl methyl sites for hydroxylation is 1. The zero-order valence-corrected chi connectivity index (χ0v) is 13.6. The van der Waals surface area contributed by atoms with Gasteiger partial charge < -0.3 is 0 Å². The van der Waals surface area contributed by atoms with Crippen LogP contribution in [0.1, 0.15) is 18.4 Å². The van der Waals surface area contributed by atoms with Crippen molar-refractivity contribution in [3.63, 3.8) is 0 Å². The van der Waals surface area contributed by atoms with Gasteiger partial charge in [0.15, 0.2) is 0 Å². The number of piperidine rings is 3. The molecule has 118 valence electrons. The van der Waals surface area contributed by atoms with Gasteiger partial charge in [-0.05, 0) is 44.4 Å². The molecule has 1 N–H and O–H groups in total. The molecular formula is C17H22N2O2S. The SMILES string of the molecule is C#CC1CN2CCC1CC2CNS(=O)(=O)c1ccc(C)cc1. The second kappa shape index (κ2) is 6.04. The maximum absolute atomic E-state index is 12.4. The fourth-order valence-corrected chi connectivity index (χ4v) is 4.62. The molecule has 3 saturated heterocycles. The second-order valence-electron chi connectivity index (χ2n) is 6.37. The van der Waals surface area contributed by atoms with Crippen LogP contribution in [-0.4, -0.2) is 39.0 Å². The number of nitrogens with one attached hydrogen (secondary N) is 1. The van der Waals surface area contributed by atoms with E-state index in [1.807, 2.05) is 19.1 Å². The normalized spacial score (nSPS) is 30.9. The van der Waals surface area contributed by atoms with E-state index in [2.05, 4.69) is 15.5 Å². The molecule has 4 unspecified atom stereocenters. The lowest BCUT2D eigenvalue weighted by molar-refractivity contribution is 0.0251. The van der Waals surface area contributed by atoms with Crippen molar-refractivity contribution < 1.29 is 8.42 Å². The van der Waals surface area contributed by atoms with Gasteiger partial charge >= 0.3 is 0 Å². The molecule has 3 aliphatic rings. The van der Waals surface area contributed by atoms with Crippen LogP contribution in [0.5, 0.6) is 0 Å². The summed E-state index contributed by atoms with van der Waals surface area (Å²) >= 11 is 0. The molecule has 0 radical (unpaired) electrons. The zero-order valence-electron chi connectivity index (χ0n) is 12.8. The van der Waals surface area contributed by atoms with E-state index < -0.39 is 10.0 Å². The summed E-state index contributed by atoms with van der Waals surface area (Å²) in [5.41, 5.74) is 1.05. The summed E-state index contributed by atoms with van der Waals surface area (Å²) < 4.78 is 27.5. The summed E-state index contributed by atoms with van der Waals surface area (Å²) in [4.78, 5) is 2.66. The van der Waals surface area contributed by atoms with E-state index in [0.29, 0.717) is 23.3 Å². The molecule has 2 bridgehead atoms. The summed E-state index contributed by atoms with van der Waals surface area (Å²) in [5, 5.41) is 0.